The number of amides is 2. The molecule has 130 valence electrons. The first-order valence-corrected chi connectivity index (χ1v) is 8.42. The first-order chi connectivity index (χ1) is 12.1. The van der Waals surface area contributed by atoms with Crippen LogP contribution in [0.2, 0.25) is 0 Å². The highest BCUT2D eigenvalue weighted by Gasteiger charge is 2.36. The molecule has 2 aromatic carbocycles. The topological polar surface area (TPSA) is 49.4 Å². The minimum atomic E-state index is -0.398. The maximum atomic E-state index is 13.6. The second-order valence-electron chi connectivity index (χ2n) is 6.34. The first-order valence-electron chi connectivity index (χ1n) is 8.42. The Hall–Kier alpha value is -2.69. The Bertz CT molecular complexity index is 763. The van der Waals surface area contributed by atoms with Crippen molar-refractivity contribution >= 4 is 11.8 Å². The molecule has 1 fully saturated rings. The Labute approximate surface area is 146 Å². The van der Waals surface area contributed by atoms with Crippen LogP contribution in [-0.2, 0) is 16.1 Å². The monoisotopic (exact) mass is 340 g/mol. The average molecular weight is 340 g/mol. The van der Waals surface area contributed by atoms with Crippen molar-refractivity contribution in [3.05, 3.63) is 71.5 Å². The van der Waals surface area contributed by atoms with Crippen LogP contribution in [0, 0.1) is 11.7 Å². The smallest absolute Gasteiger partial charge is 0.225 e. The molecule has 2 aromatic rings. The van der Waals surface area contributed by atoms with E-state index in [1.165, 1.54) is 6.07 Å². The fourth-order valence-corrected chi connectivity index (χ4v) is 3.16. The van der Waals surface area contributed by atoms with Crippen molar-refractivity contribution in [1.82, 2.24) is 10.2 Å². The number of nitrogens with zero attached hydrogens (tertiary/aromatic N) is 1. The summed E-state index contributed by atoms with van der Waals surface area (Å²) in [5.41, 5.74) is 1.48. The van der Waals surface area contributed by atoms with Crippen LogP contribution in [0.25, 0.3) is 0 Å². The molecule has 0 aliphatic carbocycles. The highest BCUT2D eigenvalue weighted by molar-refractivity contribution is 5.89. The molecule has 0 spiro atoms. The third-order valence-electron chi connectivity index (χ3n) is 4.69. The summed E-state index contributed by atoms with van der Waals surface area (Å²) < 4.78 is 13.6. The van der Waals surface area contributed by atoms with Crippen LogP contribution in [-0.4, -0.2) is 23.3 Å². The van der Waals surface area contributed by atoms with Crippen LogP contribution in [0.4, 0.5) is 4.39 Å². The molecule has 0 radical (unpaired) electrons. The van der Waals surface area contributed by atoms with Crippen molar-refractivity contribution in [3.63, 3.8) is 0 Å². The summed E-state index contributed by atoms with van der Waals surface area (Å²) in [7, 11) is 0. The van der Waals surface area contributed by atoms with Crippen molar-refractivity contribution in [2.24, 2.45) is 5.92 Å². The number of hydrogen-bond acceptors (Lipinski definition) is 2. The van der Waals surface area contributed by atoms with E-state index in [1.54, 1.807) is 23.1 Å². The van der Waals surface area contributed by atoms with Gasteiger partial charge in [-0.05, 0) is 18.6 Å². The molecule has 0 bridgehead atoms. The van der Waals surface area contributed by atoms with Crippen LogP contribution in [0.1, 0.15) is 30.5 Å². The lowest BCUT2D eigenvalue weighted by Gasteiger charge is -2.25. The minimum Gasteiger partial charge on any atom is -0.352 e. The van der Waals surface area contributed by atoms with E-state index in [0.29, 0.717) is 12.1 Å². The van der Waals surface area contributed by atoms with Gasteiger partial charge in [0.1, 0.15) is 5.82 Å². The number of rotatable bonds is 5. The molecule has 25 heavy (non-hydrogen) atoms. The Morgan fingerprint density at radius 3 is 2.60 bits per heavy atom. The van der Waals surface area contributed by atoms with Crippen molar-refractivity contribution in [2.75, 3.05) is 6.54 Å². The minimum absolute atomic E-state index is 0.0256. The van der Waals surface area contributed by atoms with Gasteiger partial charge in [0.05, 0.1) is 12.0 Å². The molecule has 5 heteroatoms. The molecule has 1 saturated heterocycles. The van der Waals surface area contributed by atoms with Gasteiger partial charge in [-0.1, -0.05) is 48.5 Å². The number of nitrogens with one attached hydrogen (secondary N) is 1. The summed E-state index contributed by atoms with van der Waals surface area (Å²) in [5, 5.41) is 2.74. The number of carbonyl (C=O) groups excluding carboxylic acids is 2. The summed E-state index contributed by atoms with van der Waals surface area (Å²) in [6.07, 6.45) is 0.195. The molecule has 1 aliphatic rings. The molecule has 1 N–H and O–H groups in total. The normalized spacial score (nSPS) is 18.2. The predicted molar refractivity (Wildman–Crippen MR) is 92.9 cm³/mol. The molecule has 1 heterocycles. The van der Waals surface area contributed by atoms with Crippen LogP contribution >= 0.6 is 0 Å². The van der Waals surface area contributed by atoms with Gasteiger partial charge in [-0.3, -0.25) is 9.59 Å². The summed E-state index contributed by atoms with van der Waals surface area (Å²) >= 11 is 0. The lowest BCUT2D eigenvalue weighted by molar-refractivity contribution is -0.130. The van der Waals surface area contributed by atoms with Crippen LogP contribution in [0.15, 0.2) is 54.6 Å². The van der Waals surface area contributed by atoms with Gasteiger partial charge in [0.2, 0.25) is 11.8 Å². The van der Waals surface area contributed by atoms with E-state index >= 15 is 0 Å². The fourth-order valence-electron chi connectivity index (χ4n) is 3.16. The van der Waals surface area contributed by atoms with E-state index < -0.39 is 5.92 Å². The molecule has 0 unspecified atom stereocenters. The lowest BCUT2D eigenvalue weighted by Crippen LogP contribution is -2.33. The molecule has 2 atom stereocenters. The third kappa shape index (κ3) is 3.87. The van der Waals surface area contributed by atoms with Crippen LogP contribution in [0.3, 0.4) is 0 Å². The fraction of sp³-hybridized carbons (Fsp3) is 0.300. The number of benzene rings is 2. The Morgan fingerprint density at radius 2 is 1.88 bits per heavy atom. The van der Waals surface area contributed by atoms with Gasteiger partial charge in [-0.25, -0.2) is 4.39 Å². The van der Waals surface area contributed by atoms with Crippen LogP contribution in [0.5, 0.6) is 0 Å². The highest BCUT2D eigenvalue weighted by atomic mass is 19.1. The summed E-state index contributed by atoms with van der Waals surface area (Å²) in [4.78, 5) is 26.4. The molecule has 4 nitrogen and oxygen atoms in total. The van der Waals surface area contributed by atoms with E-state index in [-0.39, 0.29) is 36.6 Å². The average Bonchev–Trinajstić information content (AvgIpc) is 3.03. The molecular formula is C20H21FN2O2. The van der Waals surface area contributed by atoms with Crippen molar-refractivity contribution < 1.29 is 14.0 Å². The molecule has 0 saturated carbocycles. The summed E-state index contributed by atoms with van der Waals surface area (Å²) in [5.74, 6) is -0.975. The van der Waals surface area contributed by atoms with E-state index in [4.69, 9.17) is 0 Å². The first kappa shape index (κ1) is 17.1. The van der Waals surface area contributed by atoms with Crippen LogP contribution < -0.4 is 5.32 Å². The zero-order valence-electron chi connectivity index (χ0n) is 14.1. The van der Waals surface area contributed by atoms with Gasteiger partial charge in [0, 0.05) is 25.1 Å². The zero-order valence-corrected chi connectivity index (χ0v) is 14.1. The van der Waals surface area contributed by atoms with Gasteiger partial charge < -0.3 is 10.2 Å². The second-order valence-corrected chi connectivity index (χ2v) is 6.34. The molecule has 0 aromatic heterocycles. The van der Waals surface area contributed by atoms with Gasteiger partial charge in [-0.2, -0.15) is 0 Å². The van der Waals surface area contributed by atoms with Gasteiger partial charge in [0.25, 0.3) is 0 Å². The largest absolute Gasteiger partial charge is 0.352 e. The third-order valence-corrected chi connectivity index (χ3v) is 4.69. The molecule has 2 amide bonds. The predicted octanol–water partition coefficient (Wildman–Crippen LogP) is 3.05. The Balaban J connectivity index is 1.60. The van der Waals surface area contributed by atoms with E-state index in [0.717, 1.165) is 5.56 Å². The lowest BCUT2D eigenvalue weighted by atomic mass is 10.1. The van der Waals surface area contributed by atoms with E-state index in [9.17, 15) is 14.0 Å². The highest BCUT2D eigenvalue weighted by Crippen LogP contribution is 2.28. The Kier molecular flexibility index (Phi) is 5.12. The van der Waals surface area contributed by atoms with Gasteiger partial charge in [-0.15, -0.1) is 0 Å². The quantitative estimate of drug-likeness (QED) is 0.909. The summed E-state index contributed by atoms with van der Waals surface area (Å²) in [6, 6.07) is 16.0. The van der Waals surface area contributed by atoms with Gasteiger partial charge in [0.15, 0.2) is 0 Å². The maximum absolute atomic E-state index is 13.6. The van der Waals surface area contributed by atoms with Crippen molar-refractivity contribution in [1.29, 1.82) is 0 Å². The van der Waals surface area contributed by atoms with Crippen molar-refractivity contribution in [2.45, 2.75) is 25.9 Å². The van der Waals surface area contributed by atoms with Crippen molar-refractivity contribution in [3.8, 4) is 0 Å². The van der Waals surface area contributed by atoms with E-state index in [1.807, 2.05) is 37.3 Å². The van der Waals surface area contributed by atoms with Gasteiger partial charge >= 0.3 is 0 Å². The number of halogens is 1. The zero-order chi connectivity index (χ0) is 17.8. The number of carbonyl (C=O) groups is 2. The summed E-state index contributed by atoms with van der Waals surface area (Å²) in [6.45, 7) is 2.48. The SMILES string of the molecule is C[C@@H](c1ccccc1)N1C[C@H](C(=O)NCc2ccccc2F)CC1=O. The molecular weight excluding hydrogens is 319 g/mol. The second kappa shape index (κ2) is 7.47. The van der Waals surface area contributed by atoms with E-state index in [2.05, 4.69) is 5.32 Å². The Morgan fingerprint density at radius 1 is 1.20 bits per heavy atom. The number of hydrogen-bond donors (Lipinski definition) is 1. The standard InChI is InChI=1S/C20H21FN2O2/c1-14(15-7-3-2-4-8-15)23-13-17(11-19(23)24)20(25)22-12-16-9-5-6-10-18(16)21/h2-10,14,17H,11-13H2,1H3,(H,22,25)/t14-,17+/m0/s1. The molecule has 3 rings (SSSR count). The molecule has 1 aliphatic heterocycles. The number of likely N-dealkylation sites (tertiary alicyclic amines) is 1. The maximum Gasteiger partial charge on any atom is 0.225 e.